The zero-order valence-corrected chi connectivity index (χ0v) is 10.0. The summed E-state index contributed by atoms with van der Waals surface area (Å²) in [6.07, 6.45) is 2.44. The molecule has 0 bridgehead atoms. The van der Waals surface area contributed by atoms with Crippen molar-refractivity contribution in [2.75, 3.05) is 13.1 Å². The fourth-order valence-corrected chi connectivity index (χ4v) is 1.31. The highest BCUT2D eigenvalue weighted by Crippen LogP contribution is 1.90. The van der Waals surface area contributed by atoms with E-state index in [0.717, 1.165) is 18.8 Å². The normalized spacial score (nSPS) is 10.8. The number of carbonyl (C=O) groups is 1. The number of aryl methyl sites for hydroxylation is 1. The number of amides is 1. The highest BCUT2D eigenvalue weighted by molar-refractivity contribution is 5.78. The van der Waals surface area contributed by atoms with Crippen molar-refractivity contribution in [3.05, 3.63) is 12.2 Å². The Morgan fingerprint density at radius 3 is 2.88 bits per heavy atom. The first-order valence-electron chi connectivity index (χ1n) is 5.42. The van der Waals surface area contributed by atoms with E-state index < -0.39 is 0 Å². The fourth-order valence-electron chi connectivity index (χ4n) is 1.31. The number of hydrogen-bond donors (Lipinski definition) is 2. The Balaban J connectivity index is 2.13. The van der Waals surface area contributed by atoms with Gasteiger partial charge in [-0.3, -0.25) is 4.79 Å². The van der Waals surface area contributed by atoms with E-state index in [4.69, 9.17) is 0 Å². The van der Waals surface area contributed by atoms with E-state index in [1.165, 1.54) is 0 Å². The summed E-state index contributed by atoms with van der Waals surface area (Å²) in [7, 11) is 1.90. The third-order valence-corrected chi connectivity index (χ3v) is 2.07. The summed E-state index contributed by atoms with van der Waals surface area (Å²) in [5, 5.41) is 13.6. The fraction of sp³-hybridized carbons (Fsp3) is 0.700. The predicted octanol–water partition coefficient (Wildman–Crippen LogP) is -0.528. The number of carbonyl (C=O) groups excluding carboxylic acids is 1. The number of nitrogens with zero attached hydrogens (tertiary/aromatic N) is 3. The minimum atomic E-state index is 0.0213. The largest absolute Gasteiger partial charge is 0.353 e. The van der Waals surface area contributed by atoms with Gasteiger partial charge in [0.1, 0.15) is 12.2 Å². The molecule has 1 amide bonds. The van der Waals surface area contributed by atoms with Gasteiger partial charge in [-0.05, 0) is 13.8 Å². The Kier molecular flexibility index (Phi) is 4.91. The maximum atomic E-state index is 11.3. The molecule has 0 saturated heterocycles. The Hall–Kier alpha value is -1.43. The van der Waals surface area contributed by atoms with Gasteiger partial charge < -0.3 is 15.2 Å². The van der Waals surface area contributed by atoms with Crippen molar-refractivity contribution in [2.24, 2.45) is 7.05 Å². The Morgan fingerprint density at radius 2 is 2.31 bits per heavy atom. The maximum absolute atomic E-state index is 11.3. The van der Waals surface area contributed by atoms with Gasteiger partial charge in [0, 0.05) is 26.1 Å². The van der Waals surface area contributed by atoms with Crippen molar-refractivity contribution >= 4 is 5.91 Å². The summed E-state index contributed by atoms with van der Waals surface area (Å²) in [5.74, 6) is 0.935. The van der Waals surface area contributed by atoms with Crippen LogP contribution in [-0.2, 0) is 18.3 Å². The molecule has 0 saturated carbocycles. The summed E-state index contributed by atoms with van der Waals surface area (Å²) in [5.41, 5.74) is 0. The zero-order chi connectivity index (χ0) is 12.0. The first-order chi connectivity index (χ1) is 7.59. The van der Waals surface area contributed by atoms with Crippen molar-refractivity contribution < 1.29 is 4.79 Å². The van der Waals surface area contributed by atoms with Crippen molar-refractivity contribution in [1.29, 1.82) is 0 Å². The van der Waals surface area contributed by atoms with Gasteiger partial charge in [-0.25, -0.2) is 0 Å². The lowest BCUT2D eigenvalue weighted by atomic mass is 10.3. The molecule has 0 unspecified atom stereocenters. The van der Waals surface area contributed by atoms with Crippen LogP contribution in [-0.4, -0.2) is 39.8 Å². The molecule has 90 valence electrons. The Labute approximate surface area is 95.4 Å². The summed E-state index contributed by atoms with van der Waals surface area (Å²) in [6, 6.07) is 0.188. The SMILES string of the molecule is CC(C)NC(=O)CNCCc1nncn1C. The molecule has 1 aromatic rings. The molecule has 0 aromatic carbocycles. The topological polar surface area (TPSA) is 71.8 Å². The third-order valence-electron chi connectivity index (χ3n) is 2.07. The highest BCUT2D eigenvalue weighted by atomic mass is 16.1. The summed E-state index contributed by atoms with van der Waals surface area (Å²) >= 11 is 0. The van der Waals surface area contributed by atoms with E-state index in [1.807, 2.05) is 25.5 Å². The molecule has 1 rings (SSSR count). The smallest absolute Gasteiger partial charge is 0.234 e. The average molecular weight is 225 g/mol. The van der Waals surface area contributed by atoms with Crippen molar-refractivity contribution in [3.8, 4) is 0 Å². The lowest BCUT2D eigenvalue weighted by Crippen LogP contribution is -2.38. The number of rotatable bonds is 6. The van der Waals surface area contributed by atoms with Crippen LogP contribution in [0.2, 0.25) is 0 Å². The molecule has 0 atom stereocenters. The molecule has 6 nitrogen and oxygen atoms in total. The van der Waals surface area contributed by atoms with Crippen LogP contribution in [0.15, 0.2) is 6.33 Å². The van der Waals surface area contributed by atoms with Gasteiger partial charge in [-0.2, -0.15) is 0 Å². The number of nitrogens with one attached hydrogen (secondary N) is 2. The van der Waals surface area contributed by atoms with Crippen molar-refractivity contribution in [1.82, 2.24) is 25.4 Å². The minimum Gasteiger partial charge on any atom is -0.353 e. The molecule has 0 spiro atoms. The maximum Gasteiger partial charge on any atom is 0.234 e. The minimum absolute atomic E-state index is 0.0213. The number of aromatic nitrogens is 3. The lowest BCUT2D eigenvalue weighted by molar-refractivity contribution is -0.120. The zero-order valence-electron chi connectivity index (χ0n) is 10.0. The predicted molar refractivity (Wildman–Crippen MR) is 60.9 cm³/mol. The molecular weight excluding hydrogens is 206 g/mol. The van der Waals surface area contributed by atoms with Crippen LogP contribution >= 0.6 is 0 Å². The molecule has 16 heavy (non-hydrogen) atoms. The monoisotopic (exact) mass is 225 g/mol. The molecule has 1 aromatic heterocycles. The van der Waals surface area contributed by atoms with Crippen LogP contribution in [0.1, 0.15) is 19.7 Å². The molecule has 2 N–H and O–H groups in total. The molecule has 6 heteroatoms. The standard InChI is InChI=1S/C10H19N5O/c1-8(2)13-10(16)6-11-5-4-9-14-12-7-15(9)3/h7-8,11H,4-6H2,1-3H3,(H,13,16). The highest BCUT2D eigenvalue weighted by Gasteiger charge is 2.03. The molecule has 0 fully saturated rings. The number of hydrogen-bond acceptors (Lipinski definition) is 4. The van der Waals surface area contributed by atoms with Gasteiger partial charge in [-0.15, -0.1) is 10.2 Å². The summed E-state index contributed by atoms with van der Waals surface area (Å²) in [6.45, 7) is 4.95. The first kappa shape index (κ1) is 12.6. The second-order valence-electron chi connectivity index (χ2n) is 4.01. The van der Waals surface area contributed by atoms with Crippen LogP contribution in [0.5, 0.6) is 0 Å². The van der Waals surface area contributed by atoms with Crippen molar-refractivity contribution in [2.45, 2.75) is 26.3 Å². The van der Waals surface area contributed by atoms with E-state index in [9.17, 15) is 4.79 Å². The molecule has 0 aliphatic rings. The van der Waals surface area contributed by atoms with E-state index in [0.29, 0.717) is 6.54 Å². The van der Waals surface area contributed by atoms with Crippen LogP contribution in [0.25, 0.3) is 0 Å². The van der Waals surface area contributed by atoms with E-state index in [2.05, 4.69) is 20.8 Å². The van der Waals surface area contributed by atoms with Gasteiger partial charge >= 0.3 is 0 Å². The van der Waals surface area contributed by atoms with Crippen molar-refractivity contribution in [3.63, 3.8) is 0 Å². The van der Waals surface area contributed by atoms with Crippen LogP contribution < -0.4 is 10.6 Å². The second-order valence-corrected chi connectivity index (χ2v) is 4.01. The van der Waals surface area contributed by atoms with E-state index in [1.54, 1.807) is 6.33 Å². The molecule has 1 heterocycles. The molecule has 0 radical (unpaired) electrons. The van der Waals surface area contributed by atoms with Crippen LogP contribution in [0.4, 0.5) is 0 Å². The molecular formula is C10H19N5O. The molecule has 0 aliphatic heterocycles. The van der Waals surface area contributed by atoms with Gasteiger partial charge in [0.15, 0.2) is 0 Å². The summed E-state index contributed by atoms with van der Waals surface area (Å²) in [4.78, 5) is 11.3. The Bertz CT molecular complexity index is 334. The quantitative estimate of drug-likeness (QED) is 0.639. The Morgan fingerprint density at radius 1 is 1.56 bits per heavy atom. The van der Waals surface area contributed by atoms with Gasteiger partial charge in [0.25, 0.3) is 0 Å². The van der Waals surface area contributed by atoms with E-state index in [-0.39, 0.29) is 11.9 Å². The van der Waals surface area contributed by atoms with E-state index >= 15 is 0 Å². The molecule has 0 aliphatic carbocycles. The third kappa shape index (κ3) is 4.39. The second kappa shape index (κ2) is 6.22. The van der Waals surface area contributed by atoms with Crippen LogP contribution in [0.3, 0.4) is 0 Å². The van der Waals surface area contributed by atoms with Gasteiger partial charge in [0.2, 0.25) is 5.91 Å². The lowest BCUT2D eigenvalue weighted by Gasteiger charge is -2.08. The van der Waals surface area contributed by atoms with Crippen LogP contribution in [0, 0.1) is 0 Å². The summed E-state index contributed by atoms with van der Waals surface area (Å²) < 4.78 is 1.87. The van der Waals surface area contributed by atoms with Gasteiger partial charge in [-0.1, -0.05) is 0 Å². The van der Waals surface area contributed by atoms with Gasteiger partial charge in [0.05, 0.1) is 6.54 Å². The first-order valence-corrected chi connectivity index (χ1v) is 5.42. The average Bonchev–Trinajstić information content (AvgIpc) is 2.58.